The van der Waals surface area contributed by atoms with Gasteiger partial charge in [-0.3, -0.25) is 9.59 Å². The number of carbonyl (C=O) groups is 2. The van der Waals surface area contributed by atoms with Crippen molar-refractivity contribution in [3.63, 3.8) is 0 Å². The molecule has 2 aromatic heterocycles. The van der Waals surface area contributed by atoms with Crippen LogP contribution in [-0.2, 0) is 22.4 Å². The minimum atomic E-state index is -0.156. The van der Waals surface area contributed by atoms with Gasteiger partial charge in [0.05, 0.1) is 17.2 Å². The summed E-state index contributed by atoms with van der Waals surface area (Å²) < 4.78 is 5.77. The number of aryl methyl sites for hydroxylation is 1. The van der Waals surface area contributed by atoms with E-state index in [1.807, 2.05) is 20.8 Å². The maximum Gasteiger partial charge on any atom is 0.277 e. The molecular weight excluding hydrogens is 408 g/mol. The molecule has 158 valence electrons. The number of hydrogen-bond donors (Lipinski definition) is 1. The molecule has 2 aromatic rings. The van der Waals surface area contributed by atoms with Gasteiger partial charge in [-0.25, -0.2) is 0 Å². The highest BCUT2D eigenvalue weighted by Gasteiger charge is 2.22. The predicted octanol–water partition coefficient (Wildman–Crippen LogP) is 3.39. The van der Waals surface area contributed by atoms with E-state index in [0.717, 1.165) is 17.7 Å². The van der Waals surface area contributed by atoms with E-state index in [4.69, 9.17) is 4.42 Å². The van der Waals surface area contributed by atoms with Gasteiger partial charge < -0.3 is 14.6 Å². The van der Waals surface area contributed by atoms with E-state index in [1.54, 1.807) is 11.3 Å². The van der Waals surface area contributed by atoms with Crippen LogP contribution in [0.1, 0.15) is 44.6 Å². The fourth-order valence-corrected chi connectivity index (χ4v) is 5.11. The highest BCUT2D eigenvalue weighted by Crippen LogP contribution is 2.37. The van der Waals surface area contributed by atoms with E-state index in [9.17, 15) is 9.59 Å². The fraction of sp³-hybridized carbons (Fsp3) is 0.600. The first-order valence-electron chi connectivity index (χ1n) is 10.0. The molecule has 2 heterocycles. The van der Waals surface area contributed by atoms with E-state index < -0.39 is 0 Å². The molecule has 0 saturated carbocycles. The Bertz CT molecular complexity index is 862. The van der Waals surface area contributed by atoms with Crippen LogP contribution in [-0.4, -0.2) is 51.8 Å². The molecule has 2 amide bonds. The topological polar surface area (TPSA) is 88.3 Å². The number of carbonyl (C=O) groups excluding carboxylic acids is 2. The van der Waals surface area contributed by atoms with Gasteiger partial charge in [-0.1, -0.05) is 18.7 Å². The lowest BCUT2D eigenvalue weighted by Crippen LogP contribution is -2.43. The molecule has 3 rings (SSSR count). The van der Waals surface area contributed by atoms with Crippen molar-refractivity contribution >= 4 is 34.9 Å². The molecule has 0 saturated heterocycles. The first-order valence-corrected chi connectivity index (χ1v) is 11.8. The number of nitrogens with one attached hydrogen (secondary N) is 1. The zero-order valence-corrected chi connectivity index (χ0v) is 19.0. The Hall–Kier alpha value is -1.87. The average Bonchev–Trinajstić information content (AvgIpc) is 3.29. The summed E-state index contributed by atoms with van der Waals surface area (Å²) in [5.41, 5.74) is 1.39. The van der Waals surface area contributed by atoms with Crippen LogP contribution in [0, 0.1) is 5.92 Å². The van der Waals surface area contributed by atoms with Crippen LogP contribution in [0.15, 0.2) is 15.7 Å². The van der Waals surface area contributed by atoms with Crippen LogP contribution < -0.4 is 5.32 Å². The maximum atomic E-state index is 12.4. The molecule has 1 aliphatic rings. The normalized spacial score (nSPS) is 16.0. The van der Waals surface area contributed by atoms with E-state index in [-0.39, 0.29) is 30.2 Å². The van der Waals surface area contributed by atoms with Gasteiger partial charge in [0.25, 0.3) is 11.1 Å². The van der Waals surface area contributed by atoms with Crippen LogP contribution in [0.5, 0.6) is 0 Å². The molecule has 9 heteroatoms. The average molecular weight is 437 g/mol. The number of thioether (sulfide) groups is 1. The standard InChI is InChI=1S/C20H28N4O3S2/c1-5-24(10-17(25)21-12(2)3)18(26)11-28-20-23-22-19(27-20)16-9-14-8-13(4)6-7-15(14)29-16/h9,12-13H,5-8,10-11H2,1-4H3,(H,21,25)/t13-/m0/s1. The summed E-state index contributed by atoms with van der Waals surface area (Å²) >= 11 is 2.93. The molecular formula is C20H28N4O3S2. The highest BCUT2D eigenvalue weighted by molar-refractivity contribution is 7.99. The molecule has 0 aromatic carbocycles. The number of aromatic nitrogens is 2. The second kappa shape index (κ2) is 9.75. The molecule has 1 aliphatic carbocycles. The largest absolute Gasteiger partial charge is 0.410 e. The second-order valence-corrected chi connectivity index (χ2v) is 9.76. The van der Waals surface area contributed by atoms with Crippen molar-refractivity contribution in [2.24, 2.45) is 5.92 Å². The van der Waals surface area contributed by atoms with Crippen LogP contribution in [0.2, 0.25) is 0 Å². The zero-order valence-electron chi connectivity index (χ0n) is 17.4. The number of amides is 2. The summed E-state index contributed by atoms with van der Waals surface area (Å²) in [4.78, 5) is 28.3. The van der Waals surface area contributed by atoms with Gasteiger partial charge in [0, 0.05) is 17.5 Å². The third-order valence-corrected chi connectivity index (χ3v) is 6.81. The minimum Gasteiger partial charge on any atom is -0.410 e. The van der Waals surface area contributed by atoms with Crippen molar-refractivity contribution in [2.75, 3.05) is 18.8 Å². The summed E-state index contributed by atoms with van der Waals surface area (Å²) in [6.07, 6.45) is 3.44. The van der Waals surface area contributed by atoms with Gasteiger partial charge >= 0.3 is 0 Å². The van der Waals surface area contributed by atoms with Gasteiger partial charge in [-0.15, -0.1) is 21.5 Å². The van der Waals surface area contributed by atoms with Crippen molar-refractivity contribution in [1.29, 1.82) is 0 Å². The number of nitrogens with zero attached hydrogens (tertiary/aromatic N) is 3. The van der Waals surface area contributed by atoms with Crippen LogP contribution >= 0.6 is 23.1 Å². The Balaban J connectivity index is 1.56. The van der Waals surface area contributed by atoms with E-state index in [0.29, 0.717) is 23.6 Å². The summed E-state index contributed by atoms with van der Waals surface area (Å²) in [6.45, 7) is 8.45. The summed E-state index contributed by atoms with van der Waals surface area (Å²) in [7, 11) is 0. The van der Waals surface area contributed by atoms with E-state index >= 15 is 0 Å². The minimum absolute atomic E-state index is 0.0497. The van der Waals surface area contributed by atoms with Crippen molar-refractivity contribution in [2.45, 2.75) is 58.2 Å². The van der Waals surface area contributed by atoms with Gasteiger partial charge in [-0.05, 0) is 57.6 Å². The predicted molar refractivity (Wildman–Crippen MR) is 115 cm³/mol. The highest BCUT2D eigenvalue weighted by atomic mass is 32.2. The lowest BCUT2D eigenvalue weighted by Gasteiger charge is -2.20. The summed E-state index contributed by atoms with van der Waals surface area (Å²) in [5, 5.41) is 11.4. The van der Waals surface area contributed by atoms with Gasteiger partial charge in [-0.2, -0.15) is 0 Å². The molecule has 0 radical (unpaired) electrons. The van der Waals surface area contributed by atoms with Crippen LogP contribution in [0.4, 0.5) is 0 Å². The van der Waals surface area contributed by atoms with Crippen molar-refractivity contribution in [3.05, 3.63) is 16.5 Å². The molecule has 0 bridgehead atoms. The summed E-state index contributed by atoms with van der Waals surface area (Å²) in [5.74, 6) is 1.10. The molecule has 0 unspecified atom stereocenters. The third kappa shape index (κ3) is 5.82. The fourth-order valence-electron chi connectivity index (χ4n) is 3.31. The number of hydrogen-bond acceptors (Lipinski definition) is 7. The zero-order chi connectivity index (χ0) is 21.0. The van der Waals surface area contributed by atoms with E-state index in [2.05, 4.69) is 28.5 Å². The van der Waals surface area contributed by atoms with Gasteiger partial charge in [0.2, 0.25) is 11.8 Å². The first-order chi connectivity index (χ1) is 13.9. The summed E-state index contributed by atoms with van der Waals surface area (Å²) in [6, 6.07) is 2.21. The first kappa shape index (κ1) is 21.8. The Labute approximate surface area is 179 Å². The monoisotopic (exact) mass is 436 g/mol. The number of rotatable bonds is 8. The number of thiophene rings is 1. The van der Waals surface area contributed by atoms with Gasteiger partial charge in [0.1, 0.15) is 0 Å². The molecule has 7 nitrogen and oxygen atoms in total. The van der Waals surface area contributed by atoms with Crippen LogP contribution in [0.25, 0.3) is 10.8 Å². The lowest BCUT2D eigenvalue weighted by atomic mass is 9.90. The Kier molecular flexibility index (Phi) is 7.34. The maximum absolute atomic E-state index is 12.4. The molecule has 1 N–H and O–H groups in total. The molecule has 1 atom stereocenters. The number of fused-ring (bicyclic) bond motifs is 1. The van der Waals surface area contributed by atoms with Crippen molar-refractivity contribution in [1.82, 2.24) is 20.4 Å². The van der Waals surface area contributed by atoms with Gasteiger partial charge in [0.15, 0.2) is 0 Å². The number of likely N-dealkylation sites (N-methyl/N-ethyl adjacent to an activating group) is 1. The van der Waals surface area contributed by atoms with Crippen molar-refractivity contribution < 1.29 is 14.0 Å². The quantitative estimate of drug-likeness (QED) is 0.638. The molecule has 0 fully saturated rings. The molecule has 29 heavy (non-hydrogen) atoms. The third-order valence-electron chi connectivity index (χ3n) is 4.78. The van der Waals surface area contributed by atoms with E-state index in [1.165, 1.54) is 33.5 Å². The second-order valence-electron chi connectivity index (χ2n) is 7.70. The Morgan fingerprint density at radius 3 is 2.93 bits per heavy atom. The molecule has 0 aliphatic heterocycles. The molecule has 0 spiro atoms. The van der Waals surface area contributed by atoms with Crippen LogP contribution in [0.3, 0.4) is 0 Å². The van der Waals surface area contributed by atoms with Crippen molar-refractivity contribution in [3.8, 4) is 10.8 Å². The lowest BCUT2D eigenvalue weighted by molar-refractivity contribution is -0.134. The SMILES string of the molecule is CCN(CC(=O)NC(C)C)C(=O)CSc1nnc(-c2cc3c(s2)CC[C@H](C)C3)o1. The Morgan fingerprint density at radius 2 is 2.21 bits per heavy atom. The Morgan fingerprint density at radius 1 is 1.41 bits per heavy atom. The smallest absolute Gasteiger partial charge is 0.277 e.